The molecule has 2 aromatic rings. The monoisotopic (exact) mass is 284 g/mol. The van der Waals surface area contributed by atoms with E-state index in [0.717, 1.165) is 18.5 Å². The fraction of sp³-hybridized carbons (Fsp3) is 0.267. The summed E-state index contributed by atoms with van der Waals surface area (Å²) in [7, 11) is 0. The van der Waals surface area contributed by atoms with E-state index in [0.29, 0.717) is 23.0 Å². The van der Waals surface area contributed by atoms with Gasteiger partial charge in [-0.1, -0.05) is 0 Å². The maximum atomic E-state index is 9.34. The van der Waals surface area contributed by atoms with Crippen LogP contribution in [0.15, 0.2) is 41.7 Å². The molecule has 0 aromatic carbocycles. The van der Waals surface area contributed by atoms with Gasteiger partial charge in [-0.2, -0.15) is 0 Å². The number of aryl methyl sites for hydroxylation is 1. The van der Waals surface area contributed by atoms with Crippen molar-refractivity contribution in [1.29, 1.82) is 0 Å². The van der Waals surface area contributed by atoms with Gasteiger partial charge in [-0.3, -0.25) is 20.7 Å². The van der Waals surface area contributed by atoms with Gasteiger partial charge in [0.1, 0.15) is 5.75 Å². The minimum Gasteiger partial charge on any atom is -0.437 e. The molecule has 1 fully saturated rings. The van der Waals surface area contributed by atoms with Crippen LogP contribution in [-0.4, -0.2) is 27.1 Å². The summed E-state index contributed by atoms with van der Waals surface area (Å²) in [5.74, 6) is 1.36. The molecule has 1 aliphatic carbocycles. The third-order valence-electron chi connectivity index (χ3n) is 3.07. The predicted molar refractivity (Wildman–Crippen MR) is 77.8 cm³/mol. The number of rotatable bonds is 4. The number of hydroxylamine groups is 1. The highest BCUT2D eigenvalue weighted by molar-refractivity contribution is 6.00. The molecule has 0 atom stereocenters. The SMILES string of the molecule is Cc1ccc(C(=NC2CC2)NO)c(Oc2cccnc2)n1. The molecule has 0 bridgehead atoms. The van der Waals surface area contributed by atoms with Crippen LogP contribution in [-0.2, 0) is 0 Å². The molecule has 0 aliphatic heterocycles. The first-order chi connectivity index (χ1) is 10.3. The van der Waals surface area contributed by atoms with Gasteiger partial charge in [-0.05, 0) is 44.0 Å². The normalized spacial score (nSPS) is 14.9. The Bertz CT molecular complexity index is 654. The molecule has 2 N–H and O–H groups in total. The Morgan fingerprint density at radius 1 is 1.38 bits per heavy atom. The second kappa shape index (κ2) is 5.88. The first-order valence-corrected chi connectivity index (χ1v) is 6.80. The number of aliphatic imine (C=N–C) groups is 1. The maximum absolute atomic E-state index is 9.34. The van der Waals surface area contributed by atoms with Crippen molar-refractivity contribution in [2.45, 2.75) is 25.8 Å². The largest absolute Gasteiger partial charge is 0.437 e. The Kier molecular flexibility index (Phi) is 3.79. The van der Waals surface area contributed by atoms with Crippen molar-refractivity contribution in [3.63, 3.8) is 0 Å². The lowest BCUT2D eigenvalue weighted by molar-refractivity contribution is 0.234. The lowest BCUT2D eigenvalue weighted by Crippen LogP contribution is -2.22. The molecular weight excluding hydrogens is 268 g/mol. The molecule has 6 heteroatoms. The van der Waals surface area contributed by atoms with Crippen molar-refractivity contribution in [3.05, 3.63) is 47.9 Å². The van der Waals surface area contributed by atoms with E-state index in [9.17, 15) is 5.21 Å². The average Bonchev–Trinajstić information content (AvgIpc) is 3.31. The highest BCUT2D eigenvalue weighted by Gasteiger charge is 2.23. The van der Waals surface area contributed by atoms with Gasteiger partial charge in [0.2, 0.25) is 5.88 Å². The average molecular weight is 284 g/mol. The quantitative estimate of drug-likeness (QED) is 0.512. The summed E-state index contributed by atoms with van der Waals surface area (Å²) in [5, 5.41) is 9.34. The second-order valence-electron chi connectivity index (χ2n) is 4.92. The van der Waals surface area contributed by atoms with E-state index in [1.165, 1.54) is 0 Å². The van der Waals surface area contributed by atoms with Crippen molar-refractivity contribution >= 4 is 5.84 Å². The Hall–Kier alpha value is -2.47. The minimum absolute atomic E-state index is 0.271. The van der Waals surface area contributed by atoms with Gasteiger partial charge in [-0.25, -0.2) is 4.98 Å². The molecule has 1 aliphatic rings. The summed E-state index contributed by atoms with van der Waals surface area (Å²) in [6.07, 6.45) is 5.37. The van der Waals surface area contributed by atoms with E-state index in [1.807, 2.05) is 19.1 Å². The Morgan fingerprint density at radius 2 is 2.24 bits per heavy atom. The highest BCUT2D eigenvalue weighted by atomic mass is 16.5. The third-order valence-corrected chi connectivity index (χ3v) is 3.07. The van der Waals surface area contributed by atoms with Crippen molar-refractivity contribution < 1.29 is 9.94 Å². The molecule has 0 saturated heterocycles. The van der Waals surface area contributed by atoms with E-state index in [1.54, 1.807) is 24.5 Å². The Morgan fingerprint density at radius 3 is 2.90 bits per heavy atom. The van der Waals surface area contributed by atoms with Gasteiger partial charge >= 0.3 is 0 Å². The summed E-state index contributed by atoms with van der Waals surface area (Å²) < 4.78 is 5.77. The number of ether oxygens (including phenoxy) is 1. The van der Waals surface area contributed by atoms with Crippen molar-refractivity contribution in [3.8, 4) is 11.6 Å². The van der Waals surface area contributed by atoms with E-state index in [-0.39, 0.29) is 6.04 Å². The number of hydrogen-bond acceptors (Lipinski definition) is 5. The van der Waals surface area contributed by atoms with Gasteiger partial charge in [0.05, 0.1) is 17.8 Å². The maximum Gasteiger partial charge on any atom is 0.230 e. The van der Waals surface area contributed by atoms with Crippen LogP contribution in [0.2, 0.25) is 0 Å². The molecule has 2 heterocycles. The standard InChI is InChI=1S/C15H16N4O2/c1-10-4-7-13(14(19-20)18-11-5-6-11)15(17-10)21-12-3-2-8-16-9-12/h2-4,7-9,11,20H,5-6H2,1H3,(H,18,19). The van der Waals surface area contributed by atoms with Crippen LogP contribution < -0.4 is 10.2 Å². The molecule has 3 rings (SSSR count). The number of nitrogens with zero attached hydrogens (tertiary/aromatic N) is 3. The molecule has 108 valence electrons. The van der Waals surface area contributed by atoms with E-state index in [2.05, 4.69) is 20.4 Å². The zero-order valence-electron chi connectivity index (χ0n) is 11.7. The fourth-order valence-electron chi connectivity index (χ4n) is 1.85. The third kappa shape index (κ3) is 3.35. The van der Waals surface area contributed by atoms with Crippen LogP contribution in [0, 0.1) is 6.92 Å². The van der Waals surface area contributed by atoms with Crippen LogP contribution >= 0.6 is 0 Å². The highest BCUT2D eigenvalue weighted by Crippen LogP contribution is 2.27. The fourth-order valence-corrected chi connectivity index (χ4v) is 1.85. The van der Waals surface area contributed by atoms with Crippen LogP contribution in [0.25, 0.3) is 0 Å². The molecule has 0 spiro atoms. The first-order valence-electron chi connectivity index (χ1n) is 6.80. The molecule has 21 heavy (non-hydrogen) atoms. The van der Waals surface area contributed by atoms with Crippen molar-refractivity contribution in [2.75, 3.05) is 0 Å². The molecule has 0 amide bonds. The Labute approximate surface area is 122 Å². The number of hydrogen-bond donors (Lipinski definition) is 2. The number of nitrogens with one attached hydrogen (secondary N) is 1. The van der Waals surface area contributed by atoms with Crippen LogP contribution in [0.3, 0.4) is 0 Å². The van der Waals surface area contributed by atoms with Gasteiger partial charge < -0.3 is 4.74 Å². The van der Waals surface area contributed by atoms with Crippen LogP contribution in [0.5, 0.6) is 11.6 Å². The van der Waals surface area contributed by atoms with Gasteiger partial charge in [0, 0.05) is 11.9 Å². The zero-order chi connectivity index (χ0) is 14.7. The van der Waals surface area contributed by atoms with Gasteiger partial charge in [-0.15, -0.1) is 0 Å². The van der Waals surface area contributed by atoms with E-state index < -0.39 is 0 Å². The summed E-state index contributed by atoms with van der Waals surface area (Å²) in [6, 6.07) is 7.54. The number of amidine groups is 1. The zero-order valence-corrected chi connectivity index (χ0v) is 11.7. The first kappa shape index (κ1) is 13.5. The van der Waals surface area contributed by atoms with E-state index >= 15 is 0 Å². The molecule has 1 saturated carbocycles. The number of pyridine rings is 2. The summed E-state index contributed by atoms with van der Waals surface area (Å²) in [4.78, 5) is 12.8. The molecule has 6 nitrogen and oxygen atoms in total. The summed E-state index contributed by atoms with van der Waals surface area (Å²) in [6.45, 7) is 1.88. The van der Waals surface area contributed by atoms with E-state index in [4.69, 9.17) is 4.74 Å². The van der Waals surface area contributed by atoms with Gasteiger partial charge in [0.25, 0.3) is 0 Å². The van der Waals surface area contributed by atoms with Crippen LogP contribution in [0.1, 0.15) is 24.1 Å². The van der Waals surface area contributed by atoms with Crippen molar-refractivity contribution in [1.82, 2.24) is 15.4 Å². The predicted octanol–water partition coefficient (Wildman–Crippen LogP) is 2.47. The summed E-state index contributed by atoms with van der Waals surface area (Å²) >= 11 is 0. The van der Waals surface area contributed by atoms with Crippen LogP contribution in [0.4, 0.5) is 0 Å². The second-order valence-corrected chi connectivity index (χ2v) is 4.92. The molecule has 0 unspecified atom stereocenters. The minimum atomic E-state index is 0.271. The van der Waals surface area contributed by atoms with Gasteiger partial charge in [0.15, 0.2) is 5.84 Å². The molecular formula is C15H16N4O2. The number of aromatic nitrogens is 2. The van der Waals surface area contributed by atoms with Crippen molar-refractivity contribution in [2.24, 2.45) is 4.99 Å². The summed E-state index contributed by atoms with van der Waals surface area (Å²) in [5.41, 5.74) is 3.59. The smallest absolute Gasteiger partial charge is 0.230 e. The molecule has 2 aromatic heterocycles. The lowest BCUT2D eigenvalue weighted by atomic mass is 10.2. The topological polar surface area (TPSA) is 79.6 Å². The lowest BCUT2D eigenvalue weighted by Gasteiger charge is -2.12. The molecule has 0 radical (unpaired) electrons. The Balaban J connectivity index is 1.96.